The number of nitrogens with one attached hydrogen (secondary N) is 1. The number of rotatable bonds is 4. The monoisotopic (exact) mass is 310 g/mol. The van der Waals surface area contributed by atoms with Crippen LogP contribution in [0.15, 0.2) is 42.7 Å². The van der Waals surface area contributed by atoms with Crippen LogP contribution in [0.3, 0.4) is 0 Å². The van der Waals surface area contributed by atoms with E-state index in [9.17, 15) is 4.79 Å². The Morgan fingerprint density at radius 3 is 2.61 bits per heavy atom. The fourth-order valence-corrected chi connectivity index (χ4v) is 2.86. The highest BCUT2D eigenvalue weighted by Gasteiger charge is 2.16. The minimum Gasteiger partial charge on any atom is -0.357 e. The third-order valence-electron chi connectivity index (χ3n) is 4.21. The van der Waals surface area contributed by atoms with Crippen LogP contribution in [0, 0.1) is 0 Å². The topological polar surface area (TPSA) is 58.1 Å². The molecule has 5 nitrogen and oxygen atoms in total. The predicted octanol–water partition coefficient (Wildman–Crippen LogP) is 2.96. The molecular formula is C18H22N4O. The Kier molecular flexibility index (Phi) is 4.86. The maximum Gasteiger partial charge on any atom is 0.270 e. The fraction of sp³-hybridized carbons (Fsp3) is 0.389. The van der Waals surface area contributed by atoms with Crippen molar-refractivity contribution < 1.29 is 4.79 Å². The summed E-state index contributed by atoms with van der Waals surface area (Å²) >= 11 is 0. The van der Waals surface area contributed by atoms with Crippen molar-refractivity contribution >= 4 is 11.7 Å². The lowest BCUT2D eigenvalue weighted by molar-refractivity contribution is 0.0934. The van der Waals surface area contributed by atoms with E-state index < -0.39 is 0 Å². The lowest BCUT2D eigenvalue weighted by Crippen LogP contribution is -2.31. The summed E-state index contributed by atoms with van der Waals surface area (Å²) in [7, 11) is 0. The van der Waals surface area contributed by atoms with Crippen LogP contribution in [0.4, 0.5) is 5.82 Å². The lowest BCUT2D eigenvalue weighted by Gasteiger charge is -2.27. The van der Waals surface area contributed by atoms with Crippen molar-refractivity contribution in [2.45, 2.75) is 32.2 Å². The van der Waals surface area contributed by atoms with Gasteiger partial charge in [0.15, 0.2) is 0 Å². The molecule has 1 atom stereocenters. The molecule has 2 aromatic rings. The van der Waals surface area contributed by atoms with Gasteiger partial charge in [-0.15, -0.1) is 0 Å². The molecule has 1 aliphatic rings. The minimum atomic E-state index is -0.165. The Morgan fingerprint density at radius 2 is 1.87 bits per heavy atom. The van der Waals surface area contributed by atoms with Gasteiger partial charge in [-0.1, -0.05) is 30.3 Å². The van der Waals surface area contributed by atoms with Crippen LogP contribution < -0.4 is 10.2 Å². The standard InChI is InChI=1S/C18H22N4O/c1-14(15-8-4-2-5-9-15)21-18(23)16-12-17(20-13-19-16)22-10-6-3-7-11-22/h2,4-5,8-9,12-14H,3,6-7,10-11H2,1H3,(H,21,23). The normalized spacial score (nSPS) is 16.0. The second-order valence-corrected chi connectivity index (χ2v) is 5.91. The molecule has 0 saturated carbocycles. The van der Waals surface area contributed by atoms with E-state index in [-0.39, 0.29) is 11.9 Å². The van der Waals surface area contributed by atoms with E-state index in [1.54, 1.807) is 6.07 Å². The van der Waals surface area contributed by atoms with Gasteiger partial charge in [0.1, 0.15) is 17.8 Å². The number of benzene rings is 1. The van der Waals surface area contributed by atoms with Crippen molar-refractivity contribution in [1.82, 2.24) is 15.3 Å². The molecule has 1 aliphatic heterocycles. The van der Waals surface area contributed by atoms with Gasteiger partial charge in [0.05, 0.1) is 6.04 Å². The summed E-state index contributed by atoms with van der Waals surface area (Å²) in [4.78, 5) is 23.1. The first-order valence-electron chi connectivity index (χ1n) is 8.17. The summed E-state index contributed by atoms with van der Waals surface area (Å²) < 4.78 is 0. The number of piperidine rings is 1. The Labute approximate surface area is 136 Å². The molecule has 1 aromatic heterocycles. The highest BCUT2D eigenvalue weighted by atomic mass is 16.1. The van der Waals surface area contributed by atoms with Crippen molar-refractivity contribution in [3.05, 3.63) is 54.0 Å². The zero-order chi connectivity index (χ0) is 16.1. The molecule has 120 valence electrons. The van der Waals surface area contributed by atoms with E-state index in [2.05, 4.69) is 20.2 Å². The quantitative estimate of drug-likeness (QED) is 0.943. The molecule has 2 heterocycles. The number of anilines is 1. The minimum absolute atomic E-state index is 0.0582. The maximum absolute atomic E-state index is 12.4. The molecule has 23 heavy (non-hydrogen) atoms. The molecule has 1 saturated heterocycles. The molecule has 0 radical (unpaired) electrons. The first-order valence-corrected chi connectivity index (χ1v) is 8.17. The number of carbonyl (C=O) groups excluding carboxylic acids is 1. The first-order chi connectivity index (χ1) is 11.2. The van der Waals surface area contributed by atoms with E-state index in [1.165, 1.54) is 25.6 Å². The molecule has 1 N–H and O–H groups in total. The van der Waals surface area contributed by atoms with E-state index in [0.29, 0.717) is 5.69 Å². The van der Waals surface area contributed by atoms with Gasteiger partial charge in [-0.3, -0.25) is 4.79 Å². The lowest BCUT2D eigenvalue weighted by atomic mass is 10.1. The number of hydrogen-bond acceptors (Lipinski definition) is 4. The second kappa shape index (κ2) is 7.22. The maximum atomic E-state index is 12.4. The van der Waals surface area contributed by atoms with E-state index in [4.69, 9.17) is 0 Å². The summed E-state index contributed by atoms with van der Waals surface area (Å²) in [5.74, 6) is 0.680. The molecule has 1 unspecified atom stereocenters. The Balaban J connectivity index is 1.69. The van der Waals surface area contributed by atoms with Crippen LogP contribution in [-0.4, -0.2) is 29.0 Å². The summed E-state index contributed by atoms with van der Waals surface area (Å²) in [6, 6.07) is 11.6. The summed E-state index contributed by atoms with van der Waals surface area (Å²) in [6.07, 6.45) is 5.10. The van der Waals surface area contributed by atoms with E-state index in [1.807, 2.05) is 37.3 Å². The Bertz CT molecular complexity index is 653. The molecule has 1 amide bonds. The van der Waals surface area contributed by atoms with Crippen molar-refractivity contribution in [1.29, 1.82) is 0 Å². The van der Waals surface area contributed by atoms with E-state index in [0.717, 1.165) is 24.5 Å². The number of nitrogens with zero attached hydrogens (tertiary/aromatic N) is 3. The Morgan fingerprint density at radius 1 is 1.13 bits per heavy atom. The van der Waals surface area contributed by atoms with E-state index >= 15 is 0 Å². The van der Waals surface area contributed by atoms with Crippen LogP contribution in [0.1, 0.15) is 48.3 Å². The smallest absolute Gasteiger partial charge is 0.270 e. The molecular weight excluding hydrogens is 288 g/mol. The molecule has 0 spiro atoms. The van der Waals surface area contributed by atoms with Crippen molar-refractivity contribution in [2.24, 2.45) is 0 Å². The molecule has 1 fully saturated rings. The average Bonchev–Trinajstić information content (AvgIpc) is 2.63. The SMILES string of the molecule is CC(NC(=O)c1cc(N2CCCCC2)ncn1)c1ccccc1. The predicted molar refractivity (Wildman–Crippen MR) is 90.4 cm³/mol. The first kappa shape index (κ1) is 15.5. The van der Waals surface area contributed by atoms with Crippen molar-refractivity contribution in [3.63, 3.8) is 0 Å². The number of hydrogen-bond donors (Lipinski definition) is 1. The molecule has 0 bridgehead atoms. The van der Waals surface area contributed by atoms with Crippen molar-refractivity contribution in [3.8, 4) is 0 Å². The molecule has 1 aromatic carbocycles. The third-order valence-corrected chi connectivity index (χ3v) is 4.21. The summed E-state index contributed by atoms with van der Waals surface area (Å²) in [5, 5.41) is 2.99. The zero-order valence-electron chi connectivity index (χ0n) is 13.4. The number of amides is 1. The second-order valence-electron chi connectivity index (χ2n) is 5.91. The Hall–Kier alpha value is -2.43. The fourth-order valence-electron chi connectivity index (χ4n) is 2.86. The average molecular weight is 310 g/mol. The van der Waals surface area contributed by atoms with Gasteiger partial charge in [0.25, 0.3) is 5.91 Å². The van der Waals surface area contributed by atoms with Crippen LogP contribution in [0.2, 0.25) is 0 Å². The highest BCUT2D eigenvalue weighted by molar-refractivity contribution is 5.93. The van der Waals surface area contributed by atoms with Gasteiger partial charge in [-0.25, -0.2) is 9.97 Å². The molecule has 5 heteroatoms. The van der Waals surface area contributed by atoms with Crippen LogP contribution in [0.5, 0.6) is 0 Å². The molecule has 0 aliphatic carbocycles. The van der Waals surface area contributed by atoms with Crippen molar-refractivity contribution in [2.75, 3.05) is 18.0 Å². The van der Waals surface area contributed by atoms with Gasteiger partial charge < -0.3 is 10.2 Å². The van der Waals surface area contributed by atoms with Gasteiger partial charge in [-0.2, -0.15) is 0 Å². The van der Waals surface area contributed by atoms with Crippen LogP contribution >= 0.6 is 0 Å². The van der Waals surface area contributed by atoms with Gasteiger partial charge in [0.2, 0.25) is 0 Å². The number of carbonyl (C=O) groups is 1. The van der Waals surface area contributed by atoms with Crippen LogP contribution in [-0.2, 0) is 0 Å². The third kappa shape index (κ3) is 3.86. The highest BCUT2D eigenvalue weighted by Crippen LogP contribution is 2.18. The zero-order valence-corrected chi connectivity index (χ0v) is 13.4. The summed E-state index contributed by atoms with van der Waals surface area (Å²) in [5.41, 5.74) is 1.49. The summed E-state index contributed by atoms with van der Waals surface area (Å²) in [6.45, 7) is 3.97. The largest absolute Gasteiger partial charge is 0.357 e. The molecule has 3 rings (SSSR count). The van der Waals surface area contributed by atoms with Gasteiger partial charge in [-0.05, 0) is 31.7 Å². The van der Waals surface area contributed by atoms with Crippen LogP contribution in [0.25, 0.3) is 0 Å². The van der Waals surface area contributed by atoms with Gasteiger partial charge >= 0.3 is 0 Å². The van der Waals surface area contributed by atoms with Gasteiger partial charge in [0, 0.05) is 19.2 Å². The number of aromatic nitrogens is 2.